The smallest absolute Gasteiger partial charge is 0.394 e. The van der Waals surface area contributed by atoms with Crippen LogP contribution in [-0.2, 0) is 6.18 Å². The number of nitrogens with two attached hydrogens (primary N) is 1. The van der Waals surface area contributed by atoms with E-state index in [-0.39, 0.29) is 22.4 Å². The summed E-state index contributed by atoms with van der Waals surface area (Å²) in [4.78, 5) is 0. The maximum Gasteiger partial charge on any atom is 0.416 e. The second kappa shape index (κ2) is 5.86. The molecule has 0 radical (unpaired) electrons. The van der Waals surface area contributed by atoms with E-state index in [0.717, 1.165) is 12.1 Å². The molecule has 1 aromatic carbocycles. The topological polar surface area (TPSA) is 46.2 Å². The monoisotopic (exact) mass is 319 g/mol. The van der Waals surface area contributed by atoms with Gasteiger partial charge in [-0.3, -0.25) is 0 Å². The molecule has 1 atom stereocenters. The summed E-state index contributed by atoms with van der Waals surface area (Å²) in [5, 5.41) is 8.75. The minimum absolute atomic E-state index is 0. The fourth-order valence-electron chi connectivity index (χ4n) is 1.10. The molecule has 2 nitrogen and oxygen atoms in total. The van der Waals surface area contributed by atoms with Crippen molar-refractivity contribution in [3.05, 3.63) is 33.8 Å². The van der Waals surface area contributed by atoms with E-state index < -0.39 is 24.4 Å². The van der Waals surface area contributed by atoms with Gasteiger partial charge >= 0.3 is 6.18 Å². The Morgan fingerprint density at radius 1 is 1.31 bits per heavy atom. The van der Waals surface area contributed by atoms with Crippen LogP contribution in [0.25, 0.3) is 0 Å². The first-order valence-electron chi connectivity index (χ1n) is 4.08. The van der Waals surface area contributed by atoms with Gasteiger partial charge in [0, 0.05) is 4.47 Å². The normalized spacial score (nSPS) is 13.1. The average molecular weight is 321 g/mol. The van der Waals surface area contributed by atoms with Crippen LogP contribution in [0.3, 0.4) is 0 Å². The largest absolute Gasteiger partial charge is 0.416 e. The van der Waals surface area contributed by atoms with Crippen molar-refractivity contribution < 1.29 is 18.3 Å². The maximum absolute atomic E-state index is 12.4. The maximum atomic E-state index is 12.4. The Balaban J connectivity index is 0.00000225. The second-order valence-electron chi connectivity index (χ2n) is 3.06. The highest BCUT2D eigenvalue weighted by molar-refractivity contribution is 9.10. The number of benzene rings is 1. The lowest BCUT2D eigenvalue weighted by atomic mass is 10.1. The number of hydrogen-bond acceptors (Lipinski definition) is 2. The van der Waals surface area contributed by atoms with Crippen LogP contribution in [0.4, 0.5) is 13.2 Å². The molecule has 0 unspecified atom stereocenters. The summed E-state index contributed by atoms with van der Waals surface area (Å²) in [6.07, 6.45) is -4.41. The van der Waals surface area contributed by atoms with Crippen LogP contribution < -0.4 is 5.73 Å². The fourth-order valence-corrected chi connectivity index (χ4v) is 1.61. The first kappa shape index (κ1) is 15.7. The molecule has 1 aromatic rings. The van der Waals surface area contributed by atoms with E-state index in [4.69, 9.17) is 10.8 Å². The molecule has 0 aliphatic rings. The molecule has 3 N–H and O–H groups in total. The molecule has 0 heterocycles. The van der Waals surface area contributed by atoms with Gasteiger partial charge in [0.25, 0.3) is 0 Å². The first-order chi connectivity index (χ1) is 6.84. The lowest BCUT2D eigenvalue weighted by molar-refractivity contribution is -0.137. The van der Waals surface area contributed by atoms with Gasteiger partial charge in [0.1, 0.15) is 0 Å². The highest BCUT2D eigenvalue weighted by Crippen LogP contribution is 2.32. The van der Waals surface area contributed by atoms with Gasteiger partial charge in [-0.25, -0.2) is 0 Å². The van der Waals surface area contributed by atoms with Gasteiger partial charge in [0.05, 0.1) is 18.2 Å². The summed E-state index contributed by atoms with van der Waals surface area (Å²) < 4.78 is 37.5. The average Bonchev–Trinajstić information content (AvgIpc) is 2.14. The number of hydrogen-bond donors (Lipinski definition) is 2. The van der Waals surface area contributed by atoms with E-state index in [2.05, 4.69) is 15.9 Å². The third kappa shape index (κ3) is 3.93. The Kier molecular flexibility index (Phi) is 5.75. The molecule has 16 heavy (non-hydrogen) atoms. The van der Waals surface area contributed by atoms with Crippen LogP contribution in [0.1, 0.15) is 17.2 Å². The number of alkyl halides is 3. The van der Waals surface area contributed by atoms with Crippen LogP contribution in [0.2, 0.25) is 0 Å². The van der Waals surface area contributed by atoms with Gasteiger partial charge in [0.2, 0.25) is 0 Å². The van der Waals surface area contributed by atoms with Crippen molar-refractivity contribution in [3.63, 3.8) is 0 Å². The molecule has 0 aliphatic heterocycles. The van der Waals surface area contributed by atoms with E-state index in [1.165, 1.54) is 6.07 Å². The lowest BCUT2D eigenvalue weighted by Crippen LogP contribution is -2.16. The van der Waals surface area contributed by atoms with Gasteiger partial charge in [0.15, 0.2) is 0 Å². The molecule has 0 bridgehead atoms. The van der Waals surface area contributed by atoms with Crippen molar-refractivity contribution >= 4 is 28.3 Å². The predicted octanol–water partition coefficient (Wildman–Crippen LogP) is 2.88. The molecule has 0 amide bonds. The van der Waals surface area contributed by atoms with Gasteiger partial charge in [-0.1, -0.05) is 15.9 Å². The Labute approximate surface area is 105 Å². The van der Waals surface area contributed by atoms with E-state index in [1.807, 2.05) is 0 Å². The van der Waals surface area contributed by atoms with Crippen LogP contribution in [0.15, 0.2) is 22.7 Å². The number of aliphatic hydroxyl groups excluding tert-OH is 1. The summed E-state index contributed by atoms with van der Waals surface area (Å²) in [6.45, 7) is -0.395. The number of aliphatic hydroxyl groups is 1. The van der Waals surface area contributed by atoms with Crippen LogP contribution >= 0.6 is 28.3 Å². The van der Waals surface area contributed by atoms with Gasteiger partial charge in [-0.2, -0.15) is 13.2 Å². The fraction of sp³-hybridized carbons (Fsp3) is 0.333. The van der Waals surface area contributed by atoms with E-state index >= 15 is 0 Å². The SMILES string of the molecule is Cl.N[C@H](CO)c1cc(Br)cc(C(F)(F)F)c1. The first-order valence-corrected chi connectivity index (χ1v) is 4.88. The molecular weight excluding hydrogens is 310 g/mol. The minimum atomic E-state index is -4.41. The molecule has 0 fully saturated rings. The molecular formula is C9H10BrClF3NO. The van der Waals surface area contributed by atoms with Crippen molar-refractivity contribution in [1.82, 2.24) is 0 Å². The van der Waals surface area contributed by atoms with E-state index in [9.17, 15) is 13.2 Å². The van der Waals surface area contributed by atoms with Crippen molar-refractivity contribution in [2.75, 3.05) is 6.61 Å². The highest BCUT2D eigenvalue weighted by Gasteiger charge is 2.31. The third-order valence-corrected chi connectivity index (χ3v) is 2.33. The summed E-state index contributed by atoms with van der Waals surface area (Å²) in [6, 6.07) is 2.55. The minimum Gasteiger partial charge on any atom is -0.394 e. The summed E-state index contributed by atoms with van der Waals surface area (Å²) in [5.41, 5.74) is 4.90. The summed E-state index contributed by atoms with van der Waals surface area (Å²) in [7, 11) is 0. The molecule has 7 heteroatoms. The van der Waals surface area contributed by atoms with Crippen LogP contribution in [0, 0.1) is 0 Å². The molecule has 0 aliphatic carbocycles. The third-order valence-electron chi connectivity index (χ3n) is 1.87. The van der Waals surface area contributed by atoms with Crippen molar-refractivity contribution in [2.45, 2.75) is 12.2 Å². The quantitative estimate of drug-likeness (QED) is 0.880. The number of rotatable bonds is 2. The van der Waals surface area contributed by atoms with Gasteiger partial charge < -0.3 is 10.8 Å². The lowest BCUT2D eigenvalue weighted by Gasteiger charge is -2.13. The predicted molar refractivity (Wildman–Crippen MR) is 60.4 cm³/mol. The Hall–Kier alpha value is -0.300. The van der Waals surface area contributed by atoms with Crippen molar-refractivity contribution in [2.24, 2.45) is 5.73 Å². The highest BCUT2D eigenvalue weighted by atomic mass is 79.9. The Morgan fingerprint density at radius 2 is 1.88 bits per heavy atom. The van der Waals surface area contributed by atoms with Gasteiger partial charge in [-0.15, -0.1) is 12.4 Å². The van der Waals surface area contributed by atoms with Gasteiger partial charge in [-0.05, 0) is 23.8 Å². The second-order valence-corrected chi connectivity index (χ2v) is 3.98. The molecule has 0 spiro atoms. The number of halogens is 5. The summed E-state index contributed by atoms with van der Waals surface area (Å²) in [5.74, 6) is 0. The zero-order valence-electron chi connectivity index (χ0n) is 7.96. The standard InChI is InChI=1S/C9H9BrF3NO.ClH/c10-7-2-5(8(14)4-15)1-6(3-7)9(11,12)13;/h1-3,8,15H,4,14H2;1H/t8-;/m1./s1. The molecule has 92 valence electrons. The molecule has 0 saturated heterocycles. The van der Waals surface area contributed by atoms with Crippen LogP contribution in [0.5, 0.6) is 0 Å². The molecule has 1 rings (SSSR count). The Bertz CT molecular complexity index is 359. The van der Waals surface area contributed by atoms with E-state index in [0.29, 0.717) is 0 Å². The Morgan fingerprint density at radius 3 is 2.31 bits per heavy atom. The zero-order chi connectivity index (χ0) is 11.6. The van der Waals surface area contributed by atoms with E-state index in [1.54, 1.807) is 0 Å². The van der Waals surface area contributed by atoms with Crippen molar-refractivity contribution in [3.8, 4) is 0 Å². The van der Waals surface area contributed by atoms with Crippen molar-refractivity contribution in [1.29, 1.82) is 0 Å². The van der Waals surface area contributed by atoms with Crippen LogP contribution in [-0.4, -0.2) is 11.7 Å². The summed E-state index contributed by atoms with van der Waals surface area (Å²) >= 11 is 2.97. The molecule has 0 aromatic heterocycles. The zero-order valence-corrected chi connectivity index (χ0v) is 10.4. The molecule has 0 saturated carbocycles.